The van der Waals surface area contributed by atoms with Gasteiger partial charge < -0.3 is 14.8 Å². The lowest BCUT2D eigenvalue weighted by atomic mass is 9.80. The van der Waals surface area contributed by atoms with Gasteiger partial charge in [0.25, 0.3) is 5.91 Å². The summed E-state index contributed by atoms with van der Waals surface area (Å²) < 4.78 is 10.8. The van der Waals surface area contributed by atoms with Gasteiger partial charge in [-0.05, 0) is 17.9 Å². The first-order valence-electron chi connectivity index (χ1n) is 6.92. The maximum atomic E-state index is 12.5. The zero-order valence-corrected chi connectivity index (χ0v) is 12.6. The number of amides is 1. The topological polar surface area (TPSA) is 64.6 Å². The minimum Gasteiger partial charge on any atom is -0.468 e. The smallest absolute Gasteiger partial charge is 0.317 e. The maximum Gasteiger partial charge on any atom is 0.317 e. The van der Waals surface area contributed by atoms with Gasteiger partial charge in [-0.3, -0.25) is 9.59 Å². The third-order valence-electron chi connectivity index (χ3n) is 5.02. The predicted molar refractivity (Wildman–Crippen MR) is 75.4 cm³/mol. The lowest BCUT2D eigenvalue weighted by molar-refractivity contribution is -0.171. The molecule has 5 heteroatoms. The molecule has 0 spiro atoms. The van der Waals surface area contributed by atoms with Crippen LogP contribution in [0.4, 0.5) is 0 Å². The summed E-state index contributed by atoms with van der Waals surface area (Å²) in [6, 6.07) is 7.21. The molecule has 2 atom stereocenters. The van der Waals surface area contributed by atoms with E-state index in [0.717, 1.165) is 0 Å². The van der Waals surface area contributed by atoms with E-state index < -0.39 is 11.1 Å². The first-order valence-corrected chi connectivity index (χ1v) is 6.92. The summed E-state index contributed by atoms with van der Waals surface area (Å²) >= 11 is 0. The second kappa shape index (κ2) is 4.07. The summed E-state index contributed by atoms with van der Waals surface area (Å²) in [5, 5.41) is 2.89. The second-order valence-corrected chi connectivity index (χ2v) is 6.34. The van der Waals surface area contributed by atoms with Gasteiger partial charge in [-0.2, -0.15) is 0 Å². The zero-order valence-electron chi connectivity index (χ0n) is 12.6. The Morgan fingerprint density at radius 1 is 1.24 bits per heavy atom. The number of ether oxygens (including phenoxy) is 2. The number of hydrogen-bond donors (Lipinski definition) is 1. The molecule has 1 N–H and O–H groups in total. The van der Waals surface area contributed by atoms with Gasteiger partial charge in [0.1, 0.15) is 5.41 Å². The molecule has 1 fully saturated rings. The summed E-state index contributed by atoms with van der Waals surface area (Å²) in [5.41, 5.74) is -1.15. The Labute approximate surface area is 123 Å². The molecule has 1 aliphatic carbocycles. The largest absolute Gasteiger partial charge is 0.468 e. The lowest BCUT2D eigenvalue weighted by Gasteiger charge is -2.38. The van der Waals surface area contributed by atoms with Crippen LogP contribution >= 0.6 is 0 Å². The minimum atomic E-state index is -1.17. The maximum absolute atomic E-state index is 12.5. The molecule has 112 valence electrons. The Morgan fingerprint density at radius 3 is 2.38 bits per heavy atom. The lowest BCUT2D eigenvalue weighted by Crippen LogP contribution is -2.54. The summed E-state index contributed by atoms with van der Waals surface area (Å²) in [4.78, 5) is 24.8. The predicted octanol–water partition coefficient (Wildman–Crippen LogP) is 1.82. The third kappa shape index (κ3) is 1.44. The fraction of sp³-hybridized carbons (Fsp3) is 0.500. The van der Waals surface area contributed by atoms with Crippen LogP contribution in [0.15, 0.2) is 24.3 Å². The summed E-state index contributed by atoms with van der Waals surface area (Å²) in [6.45, 7) is 3.97. The van der Waals surface area contributed by atoms with E-state index in [1.807, 2.05) is 26.0 Å². The van der Waals surface area contributed by atoms with Crippen molar-refractivity contribution in [3.05, 3.63) is 35.4 Å². The quantitative estimate of drug-likeness (QED) is 0.862. The number of rotatable bonds is 3. The molecule has 1 aromatic carbocycles. The molecule has 5 nitrogen and oxygen atoms in total. The van der Waals surface area contributed by atoms with Gasteiger partial charge in [-0.1, -0.05) is 32.0 Å². The molecule has 21 heavy (non-hydrogen) atoms. The van der Waals surface area contributed by atoms with Crippen LogP contribution in [0.1, 0.15) is 36.2 Å². The van der Waals surface area contributed by atoms with E-state index in [-0.39, 0.29) is 17.3 Å². The average molecular weight is 289 g/mol. The zero-order chi connectivity index (χ0) is 15.5. The molecule has 0 unspecified atom stereocenters. The van der Waals surface area contributed by atoms with Crippen molar-refractivity contribution in [3.8, 4) is 0 Å². The fourth-order valence-corrected chi connectivity index (χ4v) is 3.84. The van der Waals surface area contributed by atoms with Crippen molar-refractivity contribution < 1.29 is 19.1 Å². The molecular formula is C16H19NO4. The number of carbonyl (C=O) groups is 2. The molecule has 1 aliphatic heterocycles. The normalized spacial score (nSPS) is 32.3. The highest BCUT2D eigenvalue weighted by Gasteiger charge is 2.80. The average Bonchev–Trinajstić information content (AvgIpc) is 2.95. The van der Waals surface area contributed by atoms with E-state index in [4.69, 9.17) is 9.47 Å². The van der Waals surface area contributed by atoms with Crippen molar-refractivity contribution >= 4 is 11.9 Å². The molecular weight excluding hydrogens is 270 g/mol. The number of methoxy groups -OCH3 is 2. The first-order chi connectivity index (χ1) is 9.86. The molecule has 1 saturated carbocycles. The molecule has 1 amide bonds. The van der Waals surface area contributed by atoms with E-state index in [0.29, 0.717) is 17.5 Å². The van der Waals surface area contributed by atoms with Gasteiger partial charge >= 0.3 is 5.97 Å². The Hall–Kier alpha value is -1.88. The number of hydrogen-bond acceptors (Lipinski definition) is 4. The van der Waals surface area contributed by atoms with E-state index in [1.165, 1.54) is 14.2 Å². The van der Waals surface area contributed by atoms with E-state index in [9.17, 15) is 9.59 Å². The Balaban J connectivity index is 2.24. The van der Waals surface area contributed by atoms with Crippen molar-refractivity contribution in [2.24, 2.45) is 10.8 Å². The van der Waals surface area contributed by atoms with Crippen molar-refractivity contribution in [1.82, 2.24) is 5.32 Å². The monoisotopic (exact) mass is 289 g/mol. The summed E-state index contributed by atoms with van der Waals surface area (Å²) in [7, 11) is 2.88. The SMILES string of the molecule is COC(=O)[C@@]1([C@]2(OC)NC(=O)c3ccccc32)CC1(C)C. The summed E-state index contributed by atoms with van der Waals surface area (Å²) in [6.07, 6.45) is 0.592. The Bertz CT molecular complexity index is 639. The van der Waals surface area contributed by atoms with Crippen LogP contribution in [-0.4, -0.2) is 26.1 Å². The fourth-order valence-electron chi connectivity index (χ4n) is 3.84. The van der Waals surface area contributed by atoms with Gasteiger partial charge in [0.15, 0.2) is 5.72 Å². The first kappa shape index (κ1) is 14.1. The number of benzene rings is 1. The number of carbonyl (C=O) groups excluding carboxylic acids is 2. The highest BCUT2D eigenvalue weighted by molar-refractivity contribution is 6.01. The molecule has 1 aromatic rings. The van der Waals surface area contributed by atoms with Crippen molar-refractivity contribution in [2.75, 3.05) is 14.2 Å². The van der Waals surface area contributed by atoms with Crippen LogP contribution in [0.2, 0.25) is 0 Å². The number of fused-ring (bicyclic) bond motifs is 1. The highest BCUT2D eigenvalue weighted by Crippen LogP contribution is 2.72. The molecule has 0 radical (unpaired) electrons. The molecule has 0 bridgehead atoms. The van der Waals surface area contributed by atoms with Crippen LogP contribution in [0.25, 0.3) is 0 Å². The van der Waals surface area contributed by atoms with Gasteiger partial charge in [0.05, 0.1) is 7.11 Å². The van der Waals surface area contributed by atoms with Gasteiger partial charge in [-0.15, -0.1) is 0 Å². The molecule has 2 aliphatic rings. The van der Waals surface area contributed by atoms with E-state index >= 15 is 0 Å². The minimum absolute atomic E-state index is 0.224. The highest BCUT2D eigenvalue weighted by atomic mass is 16.5. The molecule has 0 saturated heterocycles. The van der Waals surface area contributed by atoms with Crippen LogP contribution in [-0.2, 0) is 20.0 Å². The Morgan fingerprint density at radius 2 is 1.86 bits per heavy atom. The number of nitrogens with one attached hydrogen (secondary N) is 1. The van der Waals surface area contributed by atoms with Gasteiger partial charge in [0, 0.05) is 18.2 Å². The molecule has 3 rings (SSSR count). The van der Waals surface area contributed by atoms with Crippen LogP contribution < -0.4 is 5.32 Å². The third-order valence-corrected chi connectivity index (χ3v) is 5.02. The van der Waals surface area contributed by atoms with Crippen molar-refractivity contribution in [2.45, 2.75) is 26.0 Å². The van der Waals surface area contributed by atoms with Gasteiger partial charge in [0.2, 0.25) is 0 Å². The Kier molecular flexibility index (Phi) is 2.73. The van der Waals surface area contributed by atoms with E-state index in [1.54, 1.807) is 12.1 Å². The van der Waals surface area contributed by atoms with Crippen LogP contribution in [0.5, 0.6) is 0 Å². The van der Waals surface area contributed by atoms with Crippen molar-refractivity contribution in [1.29, 1.82) is 0 Å². The second-order valence-electron chi connectivity index (χ2n) is 6.34. The number of esters is 1. The van der Waals surface area contributed by atoms with Crippen LogP contribution in [0.3, 0.4) is 0 Å². The summed E-state index contributed by atoms with van der Waals surface area (Å²) in [5.74, 6) is -0.579. The van der Waals surface area contributed by atoms with E-state index in [2.05, 4.69) is 5.32 Å². The molecule has 0 aromatic heterocycles. The molecule has 1 heterocycles. The van der Waals surface area contributed by atoms with Crippen LogP contribution in [0, 0.1) is 10.8 Å². The standard InChI is InChI=1S/C16H19NO4/c1-14(2)9-15(14,13(19)20-3)16(21-4)11-8-6-5-7-10(11)12(18)17-16/h5-8H,9H2,1-4H3,(H,17,18)/t15-,16-/m0/s1. The van der Waals surface area contributed by atoms with Crippen molar-refractivity contribution in [3.63, 3.8) is 0 Å². The van der Waals surface area contributed by atoms with Gasteiger partial charge in [-0.25, -0.2) is 0 Å².